The molecule has 0 radical (unpaired) electrons. The number of hydrogen-bond acceptors (Lipinski definition) is 2. The molecule has 114 valence electrons. The van der Waals surface area contributed by atoms with E-state index in [0.717, 1.165) is 4.90 Å². The monoisotopic (exact) mass is 304 g/mol. The van der Waals surface area contributed by atoms with Crippen molar-refractivity contribution in [2.45, 2.75) is 25.1 Å². The lowest BCUT2D eigenvalue weighted by Crippen LogP contribution is -2.44. The Morgan fingerprint density at radius 2 is 1.95 bits per heavy atom. The third kappa shape index (κ3) is 2.98. The number of likely N-dealkylation sites (tertiary alicyclic amines) is 1. The third-order valence-corrected chi connectivity index (χ3v) is 3.37. The zero-order valence-corrected chi connectivity index (χ0v) is 10.8. The Balaban J connectivity index is 2.37. The first kappa shape index (κ1) is 15.3. The van der Waals surface area contributed by atoms with Crippen molar-refractivity contribution in [1.29, 1.82) is 0 Å². The van der Waals surface area contributed by atoms with Gasteiger partial charge in [0.1, 0.15) is 11.9 Å². The van der Waals surface area contributed by atoms with Crippen LogP contribution in [0.4, 0.5) is 17.6 Å². The number of primary amides is 1. The van der Waals surface area contributed by atoms with E-state index >= 15 is 0 Å². The predicted molar refractivity (Wildman–Crippen MR) is 64.7 cm³/mol. The van der Waals surface area contributed by atoms with E-state index in [1.54, 1.807) is 0 Å². The summed E-state index contributed by atoms with van der Waals surface area (Å²) in [4.78, 5) is 24.4. The molecule has 0 aliphatic carbocycles. The van der Waals surface area contributed by atoms with Crippen LogP contribution >= 0.6 is 0 Å². The molecule has 4 nitrogen and oxygen atoms in total. The minimum atomic E-state index is -4.68. The number of nitrogens with two attached hydrogens (primary N) is 1. The summed E-state index contributed by atoms with van der Waals surface area (Å²) in [5, 5.41) is 0. The van der Waals surface area contributed by atoms with Gasteiger partial charge in [0.2, 0.25) is 5.91 Å². The minimum Gasteiger partial charge on any atom is -0.368 e. The largest absolute Gasteiger partial charge is 0.416 e. The molecule has 0 bridgehead atoms. The number of carbonyl (C=O) groups is 2. The second-order valence-corrected chi connectivity index (χ2v) is 4.75. The summed E-state index contributed by atoms with van der Waals surface area (Å²) in [6.07, 6.45) is -3.88. The fraction of sp³-hybridized carbons (Fsp3) is 0.385. The van der Waals surface area contributed by atoms with Crippen molar-refractivity contribution < 1.29 is 27.2 Å². The van der Waals surface area contributed by atoms with Gasteiger partial charge in [-0.2, -0.15) is 13.2 Å². The van der Waals surface area contributed by atoms with Crippen molar-refractivity contribution >= 4 is 11.8 Å². The number of hydrogen-bond donors (Lipinski definition) is 1. The molecule has 1 aliphatic heterocycles. The maximum Gasteiger partial charge on any atom is 0.416 e. The molecule has 2 N–H and O–H groups in total. The van der Waals surface area contributed by atoms with E-state index in [9.17, 15) is 27.2 Å². The molecule has 2 rings (SSSR count). The van der Waals surface area contributed by atoms with E-state index in [1.807, 2.05) is 0 Å². The van der Waals surface area contributed by atoms with Crippen molar-refractivity contribution in [3.05, 3.63) is 35.1 Å². The Morgan fingerprint density at radius 1 is 1.29 bits per heavy atom. The molecule has 1 aliphatic rings. The number of carbonyl (C=O) groups excluding carboxylic acids is 2. The molecule has 21 heavy (non-hydrogen) atoms. The van der Waals surface area contributed by atoms with E-state index in [2.05, 4.69) is 0 Å². The molecule has 1 heterocycles. The van der Waals surface area contributed by atoms with E-state index < -0.39 is 41.0 Å². The summed E-state index contributed by atoms with van der Waals surface area (Å²) < 4.78 is 51.5. The SMILES string of the molecule is NC(=O)C1CCCN1C(=O)c1cc(C(F)(F)F)ccc1F. The Bertz CT molecular complexity index is 586. The topological polar surface area (TPSA) is 63.4 Å². The highest BCUT2D eigenvalue weighted by molar-refractivity contribution is 5.98. The molecule has 1 aromatic carbocycles. The van der Waals surface area contributed by atoms with Gasteiger partial charge < -0.3 is 10.6 Å². The van der Waals surface area contributed by atoms with Crippen LogP contribution in [0.15, 0.2) is 18.2 Å². The van der Waals surface area contributed by atoms with Gasteiger partial charge in [-0.05, 0) is 31.0 Å². The van der Waals surface area contributed by atoms with E-state index in [-0.39, 0.29) is 6.54 Å². The van der Waals surface area contributed by atoms with Crippen LogP contribution in [0.5, 0.6) is 0 Å². The highest BCUT2D eigenvalue weighted by Crippen LogP contribution is 2.31. The first-order valence-electron chi connectivity index (χ1n) is 6.19. The standard InChI is InChI=1S/C13H12F4N2O2/c14-9-4-3-7(13(15,16)17)6-8(9)12(21)19-5-1-2-10(19)11(18)20/h3-4,6,10H,1-2,5H2,(H2,18,20). The highest BCUT2D eigenvalue weighted by Gasteiger charge is 2.36. The molecule has 8 heteroatoms. The molecule has 0 spiro atoms. The summed E-state index contributed by atoms with van der Waals surface area (Å²) >= 11 is 0. The number of nitrogens with zero attached hydrogens (tertiary/aromatic N) is 1. The Morgan fingerprint density at radius 3 is 2.52 bits per heavy atom. The number of alkyl halides is 3. The van der Waals surface area contributed by atoms with Gasteiger partial charge >= 0.3 is 6.18 Å². The lowest BCUT2D eigenvalue weighted by Gasteiger charge is -2.22. The molecule has 2 amide bonds. The van der Waals surface area contributed by atoms with E-state index in [0.29, 0.717) is 31.0 Å². The summed E-state index contributed by atoms with van der Waals surface area (Å²) in [6.45, 7) is 0.155. The fourth-order valence-corrected chi connectivity index (χ4v) is 2.33. The van der Waals surface area contributed by atoms with Crippen molar-refractivity contribution in [3.8, 4) is 0 Å². The van der Waals surface area contributed by atoms with Gasteiger partial charge in [0.15, 0.2) is 0 Å². The summed E-state index contributed by atoms with van der Waals surface area (Å²) in [5.74, 6) is -2.78. The van der Waals surface area contributed by atoms with Gasteiger partial charge in [-0.1, -0.05) is 0 Å². The smallest absolute Gasteiger partial charge is 0.368 e. The molecule has 0 saturated carbocycles. The van der Waals surface area contributed by atoms with Gasteiger partial charge in [0, 0.05) is 6.54 Å². The quantitative estimate of drug-likeness (QED) is 0.849. The first-order chi connectivity index (χ1) is 9.71. The van der Waals surface area contributed by atoms with Crippen LogP contribution in [0.25, 0.3) is 0 Å². The first-order valence-corrected chi connectivity index (χ1v) is 6.19. The van der Waals surface area contributed by atoms with Crippen LogP contribution in [0.3, 0.4) is 0 Å². The summed E-state index contributed by atoms with van der Waals surface area (Å²) in [6, 6.07) is 0.688. The normalized spacial score (nSPS) is 18.9. The Labute approximate surface area is 117 Å². The second kappa shape index (κ2) is 5.34. The van der Waals surface area contributed by atoms with Crippen molar-refractivity contribution in [3.63, 3.8) is 0 Å². The Hall–Kier alpha value is -2.12. The third-order valence-electron chi connectivity index (χ3n) is 3.37. The number of benzene rings is 1. The molecule has 1 saturated heterocycles. The van der Waals surface area contributed by atoms with Gasteiger partial charge in [0.05, 0.1) is 11.1 Å². The fourth-order valence-electron chi connectivity index (χ4n) is 2.33. The summed E-state index contributed by atoms with van der Waals surface area (Å²) in [5.41, 5.74) is 3.30. The van der Waals surface area contributed by atoms with Crippen LogP contribution in [-0.4, -0.2) is 29.3 Å². The maximum atomic E-state index is 13.7. The molecule has 1 fully saturated rings. The van der Waals surface area contributed by atoms with Crippen molar-refractivity contribution in [2.75, 3.05) is 6.54 Å². The molecular weight excluding hydrogens is 292 g/mol. The zero-order chi connectivity index (χ0) is 15.8. The predicted octanol–water partition coefficient (Wildman–Crippen LogP) is 1.93. The van der Waals surface area contributed by atoms with Crippen molar-refractivity contribution in [1.82, 2.24) is 4.90 Å². The lowest BCUT2D eigenvalue weighted by molar-refractivity contribution is -0.137. The Kier molecular flexibility index (Phi) is 3.89. The van der Waals surface area contributed by atoms with Crippen LogP contribution in [-0.2, 0) is 11.0 Å². The number of halogens is 4. The highest BCUT2D eigenvalue weighted by atomic mass is 19.4. The molecular formula is C13H12F4N2O2. The van der Waals surface area contributed by atoms with E-state index in [4.69, 9.17) is 5.73 Å². The average Bonchev–Trinajstić information content (AvgIpc) is 2.86. The minimum absolute atomic E-state index is 0.155. The van der Waals surface area contributed by atoms with Crippen molar-refractivity contribution in [2.24, 2.45) is 5.73 Å². The van der Waals surface area contributed by atoms with Crippen LogP contribution in [0.2, 0.25) is 0 Å². The maximum absolute atomic E-state index is 13.7. The molecule has 1 atom stereocenters. The van der Waals surface area contributed by atoms with Crippen LogP contribution < -0.4 is 5.73 Å². The van der Waals surface area contributed by atoms with Gasteiger partial charge in [-0.3, -0.25) is 9.59 Å². The van der Waals surface area contributed by atoms with Crippen LogP contribution in [0, 0.1) is 5.82 Å². The van der Waals surface area contributed by atoms with Crippen LogP contribution in [0.1, 0.15) is 28.8 Å². The molecule has 0 aromatic heterocycles. The zero-order valence-electron chi connectivity index (χ0n) is 10.8. The van der Waals surface area contributed by atoms with Gasteiger partial charge in [-0.25, -0.2) is 4.39 Å². The lowest BCUT2D eigenvalue weighted by atomic mass is 10.1. The summed E-state index contributed by atoms with van der Waals surface area (Å²) in [7, 11) is 0. The number of amides is 2. The molecule has 1 unspecified atom stereocenters. The van der Waals surface area contributed by atoms with Gasteiger partial charge in [-0.15, -0.1) is 0 Å². The molecule has 1 aromatic rings. The van der Waals surface area contributed by atoms with E-state index in [1.165, 1.54) is 0 Å². The average molecular weight is 304 g/mol. The second-order valence-electron chi connectivity index (χ2n) is 4.75. The van der Waals surface area contributed by atoms with Gasteiger partial charge in [0.25, 0.3) is 5.91 Å². The number of rotatable bonds is 2.